The topological polar surface area (TPSA) is 0 Å². The molecular formula is C9H17BrSn. The molecule has 0 fully saturated rings. The van der Waals surface area contributed by atoms with Gasteiger partial charge in [-0.3, -0.25) is 0 Å². The van der Waals surface area contributed by atoms with E-state index in [0.717, 1.165) is 5.33 Å². The van der Waals surface area contributed by atoms with Crippen LogP contribution in [0, 0.1) is 0 Å². The maximum absolute atomic E-state index is 3.58. The van der Waals surface area contributed by atoms with Gasteiger partial charge in [-0.15, -0.1) is 0 Å². The minimum atomic E-state index is -1.66. The average Bonchev–Trinajstić information content (AvgIpc) is 2.31. The number of hydrogen-bond donors (Lipinski definition) is 0. The van der Waals surface area contributed by atoms with Crippen LogP contribution in [0.25, 0.3) is 0 Å². The van der Waals surface area contributed by atoms with Crippen molar-refractivity contribution >= 4 is 34.3 Å². The minimum absolute atomic E-state index is 1.14. The fourth-order valence-corrected chi connectivity index (χ4v) is 9.50. The summed E-state index contributed by atoms with van der Waals surface area (Å²) < 4.78 is 1.90. The molecule has 0 aromatic rings. The summed E-state index contributed by atoms with van der Waals surface area (Å²) in [6.45, 7) is 0. The molecule has 0 spiro atoms. The molecule has 11 heavy (non-hydrogen) atoms. The number of alkyl halides is 1. The van der Waals surface area contributed by atoms with E-state index < -0.39 is 18.4 Å². The predicted molar refractivity (Wildman–Crippen MR) is 58.0 cm³/mol. The van der Waals surface area contributed by atoms with Crippen LogP contribution in [0.15, 0.2) is 9.16 Å². The van der Waals surface area contributed by atoms with Crippen LogP contribution in [-0.4, -0.2) is 23.7 Å². The van der Waals surface area contributed by atoms with Gasteiger partial charge in [0, 0.05) is 0 Å². The van der Waals surface area contributed by atoms with Crippen LogP contribution < -0.4 is 0 Å². The summed E-state index contributed by atoms with van der Waals surface area (Å²) in [5, 5.41) is 1.14. The van der Waals surface area contributed by atoms with Crippen LogP contribution in [0.1, 0.15) is 19.3 Å². The Bertz CT molecular complexity index is 176. The van der Waals surface area contributed by atoms with Gasteiger partial charge < -0.3 is 0 Å². The Labute approximate surface area is 82.4 Å². The van der Waals surface area contributed by atoms with Crippen molar-refractivity contribution in [2.24, 2.45) is 0 Å². The monoisotopic (exact) mass is 324 g/mol. The normalized spacial score (nSPS) is 19.6. The van der Waals surface area contributed by atoms with Gasteiger partial charge in [0.1, 0.15) is 0 Å². The average molecular weight is 324 g/mol. The molecule has 0 aromatic carbocycles. The fraction of sp³-hybridized carbons (Fsp3) is 0.778. The Morgan fingerprint density at radius 1 is 1.27 bits per heavy atom. The van der Waals surface area contributed by atoms with Crippen LogP contribution in [0.3, 0.4) is 0 Å². The molecule has 2 heteroatoms. The van der Waals surface area contributed by atoms with Gasteiger partial charge in [-0.25, -0.2) is 0 Å². The van der Waals surface area contributed by atoms with Gasteiger partial charge in [0.2, 0.25) is 0 Å². The number of rotatable bonds is 2. The molecule has 0 N–H and O–H groups in total. The van der Waals surface area contributed by atoms with Crippen molar-refractivity contribution in [2.75, 3.05) is 5.33 Å². The van der Waals surface area contributed by atoms with E-state index in [1.807, 2.05) is 3.59 Å². The third kappa shape index (κ3) is 2.48. The van der Waals surface area contributed by atoms with E-state index in [2.05, 4.69) is 30.7 Å². The zero-order valence-electron chi connectivity index (χ0n) is 7.71. The van der Waals surface area contributed by atoms with Gasteiger partial charge in [0.25, 0.3) is 0 Å². The van der Waals surface area contributed by atoms with E-state index in [9.17, 15) is 0 Å². The molecule has 0 atom stereocenters. The zero-order chi connectivity index (χ0) is 8.48. The number of halogens is 1. The molecule has 0 heterocycles. The first-order valence-corrected chi connectivity index (χ1v) is 15.4. The van der Waals surface area contributed by atoms with Crippen molar-refractivity contribution in [3.63, 3.8) is 0 Å². The second-order valence-corrected chi connectivity index (χ2v) is 19.4. The van der Waals surface area contributed by atoms with Gasteiger partial charge in [0.05, 0.1) is 0 Å². The molecule has 0 saturated carbocycles. The predicted octanol–water partition coefficient (Wildman–Crippen LogP) is 3.74. The Morgan fingerprint density at radius 3 is 2.27 bits per heavy atom. The molecule has 0 nitrogen and oxygen atoms in total. The second-order valence-electron chi connectivity index (χ2n) is 4.32. The zero-order valence-corrected chi connectivity index (χ0v) is 12.1. The molecule has 0 saturated heterocycles. The first-order valence-electron chi connectivity index (χ1n) is 4.33. The molecule has 0 radical (unpaired) electrons. The maximum atomic E-state index is 3.58. The molecular weight excluding hydrogens is 307 g/mol. The molecule has 0 aliphatic heterocycles. The quantitative estimate of drug-likeness (QED) is 0.536. The Hall–Kier alpha value is 1.02. The Kier molecular flexibility index (Phi) is 3.51. The standard InChI is InChI=1S/C6H8Br.3CH3.Sn/c7-5-6-3-1-2-4-6;;;;/h1-3,5H2;3*1H3;. The summed E-state index contributed by atoms with van der Waals surface area (Å²) >= 11 is 1.93. The van der Waals surface area contributed by atoms with Crippen LogP contribution in [-0.2, 0) is 0 Å². The van der Waals surface area contributed by atoms with Gasteiger partial charge in [0.15, 0.2) is 0 Å². The summed E-state index contributed by atoms with van der Waals surface area (Å²) in [4.78, 5) is 7.58. The third-order valence-corrected chi connectivity index (χ3v) is 9.97. The van der Waals surface area contributed by atoms with Crippen LogP contribution in [0.2, 0.25) is 14.8 Å². The molecule has 0 amide bonds. The van der Waals surface area contributed by atoms with E-state index in [0.29, 0.717) is 0 Å². The number of allylic oxidation sites excluding steroid dienone is 2. The summed E-state index contributed by atoms with van der Waals surface area (Å²) in [6.07, 6.45) is 4.21. The summed E-state index contributed by atoms with van der Waals surface area (Å²) in [5.74, 6) is 0. The van der Waals surface area contributed by atoms with E-state index in [4.69, 9.17) is 0 Å². The molecule has 64 valence electrons. The summed E-state index contributed by atoms with van der Waals surface area (Å²) in [5.41, 5.74) is 1.74. The van der Waals surface area contributed by atoms with E-state index in [1.165, 1.54) is 19.3 Å². The van der Waals surface area contributed by atoms with Gasteiger partial charge >= 0.3 is 82.9 Å². The molecule has 0 unspecified atom stereocenters. The van der Waals surface area contributed by atoms with Crippen LogP contribution in [0.4, 0.5) is 0 Å². The fourth-order valence-electron chi connectivity index (χ4n) is 1.86. The first kappa shape index (κ1) is 10.1. The van der Waals surface area contributed by atoms with Crippen LogP contribution in [0.5, 0.6) is 0 Å². The van der Waals surface area contributed by atoms with Gasteiger partial charge in [-0.05, 0) is 0 Å². The molecule has 1 aliphatic carbocycles. The van der Waals surface area contributed by atoms with Crippen molar-refractivity contribution < 1.29 is 0 Å². The Balaban J connectivity index is 2.83. The first-order chi connectivity index (χ1) is 5.05. The van der Waals surface area contributed by atoms with Crippen molar-refractivity contribution in [1.82, 2.24) is 0 Å². The molecule has 1 aliphatic rings. The molecule has 1 rings (SSSR count). The van der Waals surface area contributed by atoms with Crippen molar-refractivity contribution in [3.8, 4) is 0 Å². The Morgan fingerprint density at radius 2 is 1.91 bits per heavy atom. The summed E-state index contributed by atoms with van der Waals surface area (Å²) in [7, 11) is 0. The second kappa shape index (κ2) is 3.82. The summed E-state index contributed by atoms with van der Waals surface area (Å²) in [6, 6.07) is 0. The van der Waals surface area contributed by atoms with E-state index >= 15 is 0 Å². The molecule has 0 bridgehead atoms. The van der Waals surface area contributed by atoms with Crippen molar-refractivity contribution in [1.29, 1.82) is 0 Å². The third-order valence-electron chi connectivity index (χ3n) is 2.40. The van der Waals surface area contributed by atoms with Gasteiger partial charge in [-0.2, -0.15) is 0 Å². The van der Waals surface area contributed by atoms with E-state index in [-0.39, 0.29) is 0 Å². The van der Waals surface area contributed by atoms with Crippen molar-refractivity contribution in [2.45, 2.75) is 34.1 Å². The molecule has 0 aromatic heterocycles. The SMILES string of the molecule is [CH3][Sn]([CH3])([CH3])[C]1=C(CBr)CCC1. The van der Waals surface area contributed by atoms with E-state index in [1.54, 1.807) is 5.57 Å². The van der Waals surface area contributed by atoms with Crippen molar-refractivity contribution in [3.05, 3.63) is 9.16 Å². The van der Waals surface area contributed by atoms with Crippen LogP contribution >= 0.6 is 15.9 Å². The van der Waals surface area contributed by atoms with Gasteiger partial charge in [-0.1, -0.05) is 0 Å². The number of hydrogen-bond acceptors (Lipinski definition) is 0.